The van der Waals surface area contributed by atoms with E-state index in [0.717, 1.165) is 25.8 Å². The van der Waals surface area contributed by atoms with Crippen LogP contribution in [0.2, 0.25) is 5.02 Å². The fourth-order valence-electron chi connectivity index (χ4n) is 2.27. The zero-order valence-corrected chi connectivity index (χ0v) is 11.8. The molecule has 0 spiro atoms. The minimum Gasteiger partial charge on any atom is -0.335 e. The molecule has 1 amide bonds. The highest BCUT2D eigenvalue weighted by Gasteiger charge is 2.28. The lowest BCUT2D eigenvalue weighted by Gasteiger charge is -2.35. The number of halogens is 2. The molecule has 1 atom stereocenters. The molecule has 0 bridgehead atoms. The summed E-state index contributed by atoms with van der Waals surface area (Å²) in [5.41, 5.74) is 0. The zero-order chi connectivity index (χ0) is 12.3. The summed E-state index contributed by atoms with van der Waals surface area (Å²) in [5, 5.41) is 2.42. The zero-order valence-electron chi connectivity index (χ0n) is 9.49. The minimum absolute atomic E-state index is 0.0693. The van der Waals surface area contributed by atoms with Crippen molar-refractivity contribution in [1.29, 1.82) is 0 Å². The number of carbonyl (C=O) groups is 1. The van der Waals surface area contributed by atoms with Crippen LogP contribution >= 0.6 is 34.5 Å². The first-order valence-corrected chi connectivity index (χ1v) is 7.63. The van der Waals surface area contributed by atoms with Crippen LogP contribution in [-0.2, 0) is 0 Å². The van der Waals surface area contributed by atoms with E-state index in [4.69, 9.17) is 23.2 Å². The van der Waals surface area contributed by atoms with Gasteiger partial charge in [-0.2, -0.15) is 0 Å². The normalized spacial score (nSPS) is 20.6. The Morgan fingerprint density at radius 2 is 2.35 bits per heavy atom. The molecule has 0 saturated carbocycles. The Balaban J connectivity index is 2.14. The van der Waals surface area contributed by atoms with Gasteiger partial charge in [-0.25, -0.2) is 0 Å². The van der Waals surface area contributed by atoms with Crippen molar-refractivity contribution in [2.45, 2.75) is 31.7 Å². The van der Waals surface area contributed by atoms with Gasteiger partial charge in [0.25, 0.3) is 5.91 Å². The Kier molecular flexibility index (Phi) is 4.71. The quantitative estimate of drug-likeness (QED) is 0.770. The number of piperidine rings is 1. The molecule has 94 valence electrons. The second-order valence-corrected chi connectivity index (χ2v) is 5.92. The largest absolute Gasteiger partial charge is 0.335 e. The standard InChI is InChI=1S/C12H15Cl2NOS/c13-6-4-9-3-1-2-7-15(9)12(16)11-10(14)5-8-17-11/h5,8-9H,1-4,6-7H2. The third-order valence-electron chi connectivity index (χ3n) is 3.14. The number of amides is 1. The second-order valence-electron chi connectivity index (χ2n) is 4.22. The summed E-state index contributed by atoms with van der Waals surface area (Å²) in [6.07, 6.45) is 4.19. The molecule has 2 rings (SSSR count). The van der Waals surface area contributed by atoms with Crippen LogP contribution in [-0.4, -0.2) is 29.3 Å². The number of nitrogens with zero attached hydrogens (tertiary/aromatic N) is 1. The third kappa shape index (κ3) is 2.95. The number of hydrogen-bond donors (Lipinski definition) is 0. The topological polar surface area (TPSA) is 20.3 Å². The predicted octanol–water partition coefficient (Wildman–Crippen LogP) is 4.03. The Hall–Kier alpha value is -0.250. The van der Waals surface area contributed by atoms with E-state index in [-0.39, 0.29) is 11.9 Å². The molecule has 1 aliphatic rings. The van der Waals surface area contributed by atoms with Gasteiger partial charge in [0.05, 0.1) is 5.02 Å². The van der Waals surface area contributed by atoms with Crippen molar-refractivity contribution in [1.82, 2.24) is 4.90 Å². The van der Waals surface area contributed by atoms with Crippen molar-refractivity contribution in [3.63, 3.8) is 0 Å². The van der Waals surface area contributed by atoms with Crippen molar-refractivity contribution >= 4 is 40.4 Å². The van der Waals surface area contributed by atoms with E-state index in [1.54, 1.807) is 6.07 Å². The van der Waals surface area contributed by atoms with Crippen LogP contribution in [0, 0.1) is 0 Å². The van der Waals surface area contributed by atoms with Crippen LogP contribution in [0.15, 0.2) is 11.4 Å². The summed E-state index contributed by atoms with van der Waals surface area (Å²) in [4.78, 5) is 15.0. The summed E-state index contributed by atoms with van der Waals surface area (Å²) < 4.78 is 0. The summed E-state index contributed by atoms with van der Waals surface area (Å²) in [6.45, 7) is 0.828. The van der Waals surface area contributed by atoms with Gasteiger partial charge < -0.3 is 4.90 Å². The van der Waals surface area contributed by atoms with E-state index >= 15 is 0 Å². The van der Waals surface area contributed by atoms with Gasteiger partial charge in [0.1, 0.15) is 4.88 Å². The van der Waals surface area contributed by atoms with Gasteiger partial charge in [-0.15, -0.1) is 22.9 Å². The maximum atomic E-state index is 12.4. The maximum Gasteiger partial charge on any atom is 0.265 e. The van der Waals surface area contributed by atoms with Gasteiger partial charge in [0, 0.05) is 18.5 Å². The summed E-state index contributed by atoms with van der Waals surface area (Å²) in [6, 6.07) is 2.06. The number of alkyl halides is 1. The molecular weight excluding hydrogens is 277 g/mol. The van der Waals surface area contributed by atoms with Crippen molar-refractivity contribution in [3.05, 3.63) is 21.3 Å². The van der Waals surface area contributed by atoms with Crippen molar-refractivity contribution in [2.75, 3.05) is 12.4 Å². The van der Waals surface area contributed by atoms with Crippen LogP contribution in [0.5, 0.6) is 0 Å². The Morgan fingerprint density at radius 3 is 3.00 bits per heavy atom. The number of thiophene rings is 1. The summed E-state index contributed by atoms with van der Waals surface area (Å²) in [7, 11) is 0. The maximum absolute atomic E-state index is 12.4. The highest BCUT2D eigenvalue weighted by Crippen LogP contribution is 2.28. The monoisotopic (exact) mass is 291 g/mol. The molecule has 1 aromatic rings. The van der Waals surface area contributed by atoms with E-state index < -0.39 is 0 Å². The van der Waals surface area contributed by atoms with Crippen molar-refractivity contribution < 1.29 is 4.79 Å². The molecule has 1 saturated heterocycles. The average Bonchev–Trinajstić information content (AvgIpc) is 2.76. The van der Waals surface area contributed by atoms with Gasteiger partial charge in [-0.1, -0.05) is 11.6 Å². The number of rotatable bonds is 3. The number of likely N-dealkylation sites (tertiary alicyclic amines) is 1. The third-order valence-corrected chi connectivity index (χ3v) is 4.69. The lowest BCUT2D eigenvalue weighted by molar-refractivity contribution is 0.0614. The van der Waals surface area contributed by atoms with Gasteiger partial charge in [0.15, 0.2) is 0 Å². The fraction of sp³-hybridized carbons (Fsp3) is 0.583. The molecule has 2 nitrogen and oxygen atoms in total. The minimum atomic E-state index is 0.0693. The van der Waals surface area contributed by atoms with Crippen molar-refractivity contribution in [2.24, 2.45) is 0 Å². The van der Waals surface area contributed by atoms with Gasteiger partial charge in [-0.05, 0) is 37.1 Å². The Labute approximate surface area is 116 Å². The van der Waals surface area contributed by atoms with Gasteiger partial charge in [0.2, 0.25) is 0 Å². The summed E-state index contributed by atoms with van der Waals surface area (Å²) in [5.74, 6) is 0.673. The molecule has 0 N–H and O–H groups in total. The van der Waals surface area contributed by atoms with E-state index in [0.29, 0.717) is 15.8 Å². The lowest BCUT2D eigenvalue weighted by atomic mass is 10.00. The van der Waals surface area contributed by atoms with Crippen molar-refractivity contribution in [3.8, 4) is 0 Å². The van der Waals surface area contributed by atoms with Crippen LogP contribution in [0.1, 0.15) is 35.4 Å². The molecule has 17 heavy (non-hydrogen) atoms. The van der Waals surface area contributed by atoms with Crippen LogP contribution in [0.4, 0.5) is 0 Å². The molecule has 1 aliphatic heterocycles. The average molecular weight is 292 g/mol. The number of carbonyl (C=O) groups excluding carboxylic acids is 1. The Bertz CT molecular complexity index is 392. The van der Waals surface area contributed by atoms with E-state index in [1.165, 1.54) is 17.8 Å². The molecular formula is C12H15Cl2NOS. The first-order valence-electron chi connectivity index (χ1n) is 5.84. The van der Waals surface area contributed by atoms with Gasteiger partial charge >= 0.3 is 0 Å². The van der Waals surface area contributed by atoms with Crippen LogP contribution in [0.3, 0.4) is 0 Å². The van der Waals surface area contributed by atoms with E-state index in [9.17, 15) is 4.79 Å². The van der Waals surface area contributed by atoms with Crippen LogP contribution < -0.4 is 0 Å². The fourth-order valence-corrected chi connectivity index (χ4v) is 3.61. The Morgan fingerprint density at radius 1 is 1.53 bits per heavy atom. The molecule has 0 aliphatic carbocycles. The van der Waals surface area contributed by atoms with Gasteiger partial charge in [-0.3, -0.25) is 4.79 Å². The lowest BCUT2D eigenvalue weighted by Crippen LogP contribution is -2.43. The molecule has 1 aromatic heterocycles. The van der Waals surface area contributed by atoms with E-state index in [1.807, 2.05) is 10.3 Å². The predicted molar refractivity (Wildman–Crippen MR) is 73.3 cm³/mol. The summed E-state index contributed by atoms with van der Waals surface area (Å²) >= 11 is 13.2. The SMILES string of the molecule is O=C(c1sccc1Cl)N1CCCCC1CCCl. The molecule has 2 heterocycles. The molecule has 1 fully saturated rings. The van der Waals surface area contributed by atoms with E-state index in [2.05, 4.69) is 0 Å². The smallest absolute Gasteiger partial charge is 0.265 e. The second kappa shape index (κ2) is 6.07. The highest BCUT2D eigenvalue weighted by atomic mass is 35.5. The first-order chi connectivity index (χ1) is 8.24. The molecule has 0 radical (unpaired) electrons. The first kappa shape index (κ1) is 13.2. The molecule has 0 aromatic carbocycles. The number of hydrogen-bond acceptors (Lipinski definition) is 2. The highest BCUT2D eigenvalue weighted by molar-refractivity contribution is 7.12. The molecule has 1 unspecified atom stereocenters. The molecule has 5 heteroatoms. The van der Waals surface area contributed by atoms with Crippen LogP contribution in [0.25, 0.3) is 0 Å².